The molecule has 0 fully saturated rings. The highest BCUT2D eigenvalue weighted by Crippen LogP contribution is 2.29. The summed E-state index contributed by atoms with van der Waals surface area (Å²) < 4.78 is 93.8. The third-order valence-electron chi connectivity index (χ3n) is 10.3. The van der Waals surface area contributed by atoms with Crippen molar-refractivity contribution in [2.45, 2.75) is 74.5 Å². The number of nitrogens with one attached hydrogen (secondary N) is 2. The summed E-state index contributed by atoms with van der Waals surface area (Å²) in [4.78, 5) is 27.5. The number of carbonyl (C=O) groups is 1. The quantitative estimate of drug-likeness (QED) is 0.0206. The highest BCUT2D eigenvalue weighted by atomic mass is 32.2. The average molecular weight is 970 g/mol. The van der Waals surface area contributed by atoms with Crippen molar-refractivity contribution < 1.29 is 43.9 Å². The van der Waals surface area contributed by atoms with Gasteiger partial charge >= 0.3 is 26.2 Å². The molecule has 0 saturated carbocycles. The molecule has 7 aromatic rings. The molecule has 0 saturated heterocycles. The van der Waals surface area contributed by atoms with Crippen LogP contribution >= 0.6 is 0 Å². The molecule has 0 aliphatic rings. The Balaban J connectivity index is 0.000000194. The van der Waals surface area contributed by atoms with Crippen LogP contribution < -0.4 is 0 Å². The second kappa shape index (κ2) is 24.4. The van der Waals surface area contributed by atoms with Gasteiger partial charge in [-0.3, -0.25) is 9.11 Å². The number of benzene rings is 5. The number of hydrogen-bond acceptors (Lipinski definition) is 11. The number of unbranched alkanes of at least 4 members (excludes halogenated alkanes) is 5. The van der Waals surface area contributed by atoms with E-state index >= 15 is 0 Å². The molecule has 0 spiro atoms. The SMILES string of the molecule is CCCCCCCCOC(=O)C(=CC=CN(CC)CC)S(=O)(=O)c1ccccc1.O=S(=O)(O)c1nc2c(-c3ccccc3)cccc2[nH]1.O=S(=O)(O)c1nc2c(-c3ccccc3)cccc2[nH]1. The summed E-state index contributed by atoms with van der Waals surface area (Å²) in [5, 5.41) is -0.878. The van der Waals surface area contributed by atoms with Crippen LogP contribution in [0.1, 0.15) is 59.3 Å². The number of ether oxygens (including phenoxy) is 1. The van der Waals surface area contributed by atoms with Crippen LogP contribution in [-0.2, 0) is 39.6 Å². The highest BCUT2D eigenvalue weighted by Gasteiger charge is 2.28. The minimum absolute atomic E-state index is 0.0824. The number of esters is 1. The van der Waals surface area contributed by atoms with Gasteiger partial charge in [-0.15, -0.1) is 0 Å². The number of aromatic nitrogens is 4. The minimum Gasteiger partial charge on any atom is -0.462 e. The van der Waals surface area contributed by atoms with Crippen LogP contribution in [0.4, 0.5) is 0 Å². The van der Waals surface area contributed by atoms with Crippen molar-refractivity contribution >= 4 is 58.1 Å². The van der Waals surface area contributed by atoms with E-state index in [9.17, 15) is 30.0 Å². The molecule has 0 aliphatic carbocycles. The van der Waals surface area contributed by atoms with Crippen LogP contribution in [-0.4, -0.2) is 84.9 Å². The molecule has 67 heavy (non-hydrogen) atoms. The Morgan fingerprint density at radius 1 is 0.597 bits per heavy atom. The fourth-order valence-electron chi connectivity index (χ4n) is 6.76. The lowest BCUT2D eigenvalue weighted by Gasteiger charge is -2.14. The van der Waals surface area contributed by atoms with E-state index in [1.165, 1.54) is 37.5 Å². The molecule has 0 aliphatic heterocycles. The number of sulfone groups is 1. The first-order valence-electron chi connectivity index (χ1n) is 21.7. The van der Waals surface area contributed by atoms with E-state index in [0.29, 0.717) is 22.1 Å². The van der Waals surface area contributed by atoms with E-state index < -0.39 is 46.4 Å². The summed E-state index contributed by atoms with van der Waals surface area (Å²) in [5.74, 6) is -0.799. The van der Waals surface area contributed by atoms with Crippen LogP contribution in [0.15, 0.2) is 166 Å². The molecule has 0 amide bonds. The Morgan fingerprint density at radius 2 is 1.04 bits per heavy atom. The van der Waals surface area contributed by atoms with Crippen LogP contribution in [0.2, 0.25) is 0 Å². The number of rotatable bonds is 18. The van der Waals surface area contributed by atoms with Crippen LogP contribution in [0.25, 0.3) is 44.3 Å². The lowest BCUT2D eigenvalue weighted by Crippen LogP contribution is -2.18. The van der Waals surface area contributed by atoms with Gasteiger partial charge in [0.05, 0.1) is 33.6 Å². The zero-order valence-corrected chi connectivity index (χ0v) is 39.9. The normalized spacial score (nSPS) is 12.0. The molecule has 15 nitrogen and oxygen atoms in total. The third kappa shape index (κ3) is 14.5. The molecule has 2 heterocycles. The lowest BCUT2D eigenvalue weighted by atomic mass is 10.0. The van der Waals surface area contributed by atoms with E-state index in [2.05, 4.69) is 26.9 Å². The first-order chi connectivity index (χ1) is 32.1. The zero-order valence-electron chi connectivity index (χ0n) is 37.4. The largest absolute Gasteiger partial charge is 0.462 e. The Labute approximate surface area is 392 Å². The van der Waals surface area contributed by atoms with E-state index in [1.54, 1.807) is 54.7 Å². The summed E-state index contributed by atoms with van der Waals surface area (Å²) in [5.41, 5.74) is 5.64. The molecular weight excluding hydrogens is 915 g/mol. The molecule has 4 N–H and O–H groups in total. The number of fused-ring (bicyclic) bond motifs is 2. The van der Waals surface area contributed by atoms with Gasteiger partial charge in [-0.25, -0.2) is 23.2 Å². The van der Waals surface area contributed by atoms with Gasteiger partial charge in [-0.05, 0) is 74.0 Å². The van der Waals surface area contributed by atoms with Crippen molar-refractivity contribution in [2.24, 2.45) is 0 Å². The van der Waals surface area contributed by atoms with Gasteiger partial charge in [0.25, 0.3) is 10.3 Å². The maximum absolute atomic E-state index is 13.0. The van der Waals surface area contributed by atoms with Gasteiger partial charge in [-0.1, -0.05) is 142 Å². The Kier molecular flexibility index (Phi) is 18.7. The molecule has 0 bridgehead atoms. The number of nitrogens with zero attached hydrogens (tertiary/aromatic N) is 3. The van der Waals surface area contributed by atoms with Gasteiger partial charge in [0.15, 0.2) is 4.91 Å². The highest BCUT2D eigenvalue weighted by molar-refractivity contribution is 7.96. The van der Waals surface area contributed by atoms with Gasteiger partial charge in [0.2, 0.25) is 9.84 Å². The smallest absolute Gasteiger partial charge is 0.350 e. The molecule has 5 aromatic carbocycles. The number of para-hydroxylation sites is 2. The van der Waals surface area contributed by atoms with Crippen molar-refractivity contribution in [1.29, 1.82) is 0 Å². The lowest BCUT2D eigenvalue weighted by molar-refractivity contribution is -0.138. The van der Waals surface area contributed by atoms with E-state index in [-0.39, 0.29) is 16.4 Å². The van der Waals surface area contributed by atoms with Gasteiger partial charge < -0.3 is 19.6 Å². The Bertz CT molecular complexity index is 2950. The summed E-state index contributed by atoms with van der Waals surface area (Å²) in [7, 11) is -12.6. The monoisotopic (exact) mass is 969 g/mol. The molecule has 7 rings (SSSR count). The number of imidazole rings is 2. The number of H-pyrrole nitrogens is 2. The van der Waals surface area contributed by atoms with Crippen molar-refractivity contribution in [3.63, 3.8) is 0 Å². The van der Waals surface area contributed by atoms with E-state index in [1.807, 2.05) is 91.5 Å². The van der Waals surface area contributed by atoms with Crippen molar-refractivity contribution in [3.05, 3.63) is 151 Å². The number of allylic oxidation sites excluding steroid dienone is 2. The topological polar surface area (TPSA) is 230 Å². The van der Waals surface area contributed by atoms with Crippen LogP contribution in [0, 0.1) is 0 Å². The maximum atomic E-state index is 13.0. The summed E-state index contributed by atoms with van der Waals surface area (Å²) in [6.45, 7) is 8.00. The van der Waals surface area contributed by atoms with Crippen molar-refractivity contribution in [3.8, 4) is 22.3 Å². The molecule has 0 radical (unpaired) electrons. The van der Waals surface area contributed by atoms with E-state index in [4.69, 9.17) is 13.8 Å². The number of aromatic amines is 2. The summed E-state index contributed by atoms with van der Waals surface area (Å²) in [6.07, 6.45) is 11.1. The molecule has 2 aromatic heterocycles. The Hall–Kier alpha value is -6.44. The average Bonchev–Trinajstić information content (AvgIpc) is 3.99. The number of hydrogen-bond donors (Lipinski definition) is 4. The minimum atomic E-state index is -4.33. The molecular formula is C49H55N5O10S3. The summed E-state index contributed by atoms with van der Waals surface area (Å²) >= 11 is 0. The fraction of sp³-hybridized carbons (Fsp3) is 0.245. The molecule has 354 valence electrons. The second-order valence-electron chi connectivity index (χ2n) is 15.0. The molecule has 18 heteroatoms. The van der Waals surface area contributed by atoms with Gasteiger partial charge in [0.1, 0.15) is 0 Å². The van der Waals surface area contributed by atoms with Crippen LogP contribution in [0.3, 0.4) is 0 Å². The van der Waals surface area contributed by atoms with Gasteiger partial charge in [-0.2, -0.15) is 16.8 Å². The Morgan fingerprint density at radius 3 is 1.49 bits per heavy atom. The van der Waals surface area contributed by atoms with Gasteiger partial charge in [0, 0.05) is 24.2 Å². The second-order valence-corrected chi connectivity index (χ2v) is 19.6. The first kappa shape index (κ1) is 51.5. The zero-order chi connectivity index (χ0) is 48.5. The predicted octanol–water partition coefficient (Wildman–Crippen LogP) is 10.1. The maximum Gasteiger partial charge on any atom is 0.350 e. The van der Waals surface area contributed by atoms with Crippen molar-refractivity contribution in [1.82, 2.24) is 24.8 Å². The first-order valence-corrected chi connectivity index (χ1v) is 26.1. The number of carbonyl (C=O) groups excluding carboxylic acids is 1. The fourth-order valence-corrected chi connectivity index (χ4v) is 8.96. The standard InChI is InChI=1S/C23H35NO4S.2C13H10N2O3S/c1-4-7-8-9-10-14-20-28-23(25)22(18-15-19-24(5-2)6-3)29(26,27)21-16-12-11-13-17-21;2*16-19(17,18)13-14-11-8-4-7-10(12(11)15-13)9-5-2-1-3-6-9/h11-13,15-19H,4-10,14,20H2,1-3H3;2*1-8H,(H,14,15)(H,16,17,18). The van der Waals surface area contributed by atoms with Crippen LogP contribution in [0.5, 0.6) is 0 Å². The summed E-state index contributed by atoms with van der Waals surface area (Å²) in [6, 6.07) is 37.7. The third-order valence-corrected chi connectivity index (χ3v) is 13.4. The molecule has 0 unspecified atom stereocenters. The predicted molar refractivity (Wildman–Crippen MR) is 261 cm³/mol. The molecule has 0 atom stereocenters. The van der Waals surface area contributed by atoms with Crippen molar-refractivity contribution in [2.75, 3.05) is 19.7 Å². The van der Waals surface area contributed by atoms with E-state index in [0.717, 1.165) is 54.6 Å².